The van der Waals surface area contributed by atoms with E-state index in [4.69, 9.17) is 4.42 Å². The van der Waals surface area contributed by atoms with Crippen molar-refractivity contribution in [1.29, 1.82) is 0 Å². The molecule has 0 saturated carbocycles. The molecule has 1 aliphatic heterocycles. The minimum absolute atomic E-state index is 0.177. The Morgan fingerprint density at radius 3 is 2.50 bits per heavy atom. The van der Waals surface area contributed by atoms with Gasteiger partial charge in [-0.1, -0.05) is 55.5 Å². The van der Waals surface area contributed by atoms with Crippen LogP contribution in [0.5, 0.6) is 0 Å². The molecule has 5 rings (SSSR count). The van der Waals surface area contributed by atoms with E-state index in [0.29, 0.717) is 29.3 Å². The van der Waals surface area contributed by atoms with Crippen LogP contribution in [0.3, 0.4) is 0 Å². The molecule has 172 valence electrons. The summed E-state index contributed by atoms with van der Waals surface area (Å²) in [5.41, 5.74) is 3.09. The fourth-order valence-electron chi connectivity index (χ4n) is 4.23. The third kappa shape index (κ3) is 4.86. The Hall–Kier alpha value is -3.93. The molecule has 1 aliphatic rings. The second-order valence-electron chi connectivity index (χ2n) is 8.82. The van der Waals surface area contributed by atoms with Crippen LogP contribution >= 0.6 is 0 Å². The number of carbonyl (C=O) groups excluding carboxylic acids is 1. The number of benzene rings is 2. The fourth-order valence-corrected chi connectivity index (χ4v) is 4.23. The van der Waals surface area contributed by atoms with Crippen LogP contribution in [0.2, 0.25) is 0 Å². The lowest BCUT2D eigenvalue weighted by molar-refractivity contribution is 0.0951. The number of oxazole rings is 1. The topological polar surface area (TPSA) is 71.3 Å². The quantitative estimate of drug-likeness (QED) is 0.414. The Morgan fingerprint density at radius 2 is 1.74 bits per heavy atom. The first-order chi connectivity index (χ1) is 16.7. The predicted octanol–water partition coefficient (Wildman–Crippen LogP) is 5.57. The van der Waals surface area contributed by atoms with Crippen molar-refractivity contribution in [3.05, 3.63) is 90.3 Å². The second-order valence-corrected chi connectivity index (χ2v) is 8.82. The van der Waals surface area contributed by atoms with E-state index in [9.17, 15) is 4.79 Å². The van der Waals surface area contributed by atoms with Gasteiger partial charge in [0.15, 0.2) is 5.76 Å². The van der Waals surface area contributed by atoms with Crippen LogP contribution in [-0.2, 0) is 6.54 Å². The van der Waals surface area contributed by atoms with Gasteiger partial charge in [-0.25, -0.2) is 9.97 Å². The summed E-state index contributed by atoms with van der Waals surface area (Å²) in [5.74, 6) is 2.70. The third-order valence-electron chi connectivity index (χ3n) is 6.34. The number of hydrogen-bond donors (Lipinski definition) is 1. The molecule has 6 heteroatoms. The van der Waals surface area contributed by atoms with Gasteiger partial charge in [0.05, 0.1) is 11.8 Å². The average Bonchev–Trinajstić information content (AvgIpc) is 3.39. The molecule has 1 fully saturated rings. The van der Waals surface area contributed by atoms with Gasteiger partial charge in [-0.15, -0.1) is 0 Å². The van der Waals surface area contributed by atoms with Crippen LogP contribution in [0.1, 0.15) is 35.7 Å². The normalized spacial score (nSPS) is 14.2. The van der Waals surface area contributed by atoms with Crippen molar-refractivity contribution in [2.45, 2.75) is 26.3 Å². The van der Waals surface area contributed by atoms with Crippen LogP contribution in [0.15, 0.2) is 83.5 Å². The van der Waals surface area contributed by atoms with E-state index in [1.807, 2.05) is 66.9 Å². The number of piperidine rings is 1. The van der Waals surface area contributed by atoms with E-state index >= 15 is 0 Å². The van der Waals surface area contributed by atoms with Crippen molar-refractivity contribution in [3.8, 4) is 22.8 Å². The number of rotatable bonds is 6. The Labute approximate surface area is 199 Å². The molecule has 4 aromatic rings. The zero-order valence-corrected chi connectivity index (χ0v) is 19.3. The lowest BCUT2D eigenvalue weighted by Gasteiger charge is -2.31. The zero-order valence-electron chi connectivity index (χ0n) is 19.3. The summed E-state index contributed by atoms with van der Waals surface area (Å²) in [6.45, 7) is 4.80. The minimum atomic E-state index is -0.177. The molecular weight excluding hydrogens is 424 g/mol. The van der Waals surface area contributed by atoms with Crippen LogP contribution in [0, 0.1) is 5.92 Å². The standard InChI is InChI=1S/C28H28N4O2/c1-20-13-15-32(16-14-20)26-12-11-21(17-29-26)18-30-27(33)23-9-5-6-10-24(23)28-31-19-25(34-28)22-7-3-2-4-8-22/h2-12,17,19-20H,13-16,18H2,1H3,(H,30,33). The van der Waals surface area contributed by atoms with Crippen molar-refractivity contribution in [1.82, 2.24) is 15.3 Å². The van der Waals surface area contributed by atoms with Gasteiger partial charge >= 0.3 is 0 Å². The highest BCUT2D eigenvalue weighted by Gasteiger charge is 2.18. The van der Waals surface area contributed by atoms with Gasteiger partial charge in [0.25, 0.3) is 5.91 Å². The monoisotopic (exact) mass is 452 g/mol. The number of anilines is 1. The molecule has 2 aromatic heterocycles. The van der Waals surface area contributed by atoms with E-state index < -0.39 is 0 Å². The lowest BCUT2D eigenvalue weighted by atomic mass is 9.99. The maximum atomic E-state index is 13.0. The molecule has 0 bridgehead atoms. The molecule has 1 saturated heterocycles. The molecule has 1 N–H and O–H groups in total. The van der Waals surface area contributed by atoms with Crippen molar-refractivity contribution >= 4 is 11.7 Å². The van der Waals surface area contributed by atoms with E-state index in [2.05, 4.69) is 27.1 Å². The lowest BCUT2D eigenvalue weighted by Crippen LogP contribution is -2.33. The van der Waals surface area contributed by atoms with Crippen molar-refractivity contribution < 1.29 is 9.21 Å². The van der Waals surface area contributed by atoms with Gasteiger partial charge in [0, 0.05) is 37.0 Å². The first-order valence-corrected chi connectivity index (χ1v) is 11.8. The summed E-state index contributed by atoms with van der Waals surface area (Å²) < 4.78 is 5.98. The minimum Gasteiger partial charge on any atom is -0.436 e. The molecule has 0 spiro atoms. The van der Waals surface area contributed by atoms with Gasteiger partial charge in [0.1, 0.15) is 5.82 Å². The van der Waals surface area contributed by atoms with E-state index in [1.54, 1.807) is 12.3 Å². The zero-order chi connectivity index (χ0) is 23.3. The molecular formula is C28H28N4O2. The molecule has 1 amide bonds. The molecule has 6 nitrogen and oxygen atoms in total. The number of nitrogens with zero attached hydrogens (tertiary/aromatic N) is 3. The molecule has 3 heterocycles. The maximum absolute atomic E-state index is 13.0. The summed E-state index contributed by atoms with van der Waals surface area (Å²) in [6.07, 6.45) is 5.95. The third-order valence-corrected chi connectivity index (χ3v) is 6.34. The number of nitrogens with one attached hydrogen (secondary N) is 1. The van der Waals surface area contributed by atoms with Crippen LogP contribution in [0.25, 0.3) is 22.8 Å². The Balaban J connectivity index is 1.26. The fraction of sp³-hybridized carbons (Fsp3) is 0.250. The molecule has 0 atom stereocenters. The van der Waals surface area contributed by atoms with Gasteiger partial charge in [-0.3, -0.25) is 4.79 Å². The van der Waals surface area contributed by atoms with Gasteiger partial charge in [-0.2, -0.15) is 0 Å². The molecule has 2 aromatic carbocycles. The van der Waals surface area contributed by atoms with Crippen molar-refractivity contribution in [2.75, 3.05) is 18.0 Å². The van der Waals surface area contributed by atoms with Crippen LogP contribution in [-0.4, -0.2) is 29.0 Å². The smallest absolute Gasteiger partial charge is 0.252 e. The second kappa shape index (κ2) is 9.91. The first kappa shape index (κ1) is 21.9. The van der Waals surface area contributed by atoms with E-state index in [1.165, 1.54) is 12.8 Å². The average molecular weight is 453 g/mol. The SMILES string of the molecule is CC1CCN(c2ccc(CNC(=O)c3ccccc3-c3ncc(-c4ccccc4)o3)cn2)CC1. The maximum Gasteiger partial charge on any atom is 0.252 e. The summed E-state index contributed by atoms with van der Waals surface area (Å²) >= 11 is 0. The number of aromatic nitrogens is 2. The first-order valence-electron chi connectivity index (χ1n) is 11.8. The van der Waals surface area contributed by atoms with Gasteiger partial charge in [0.2, 0.25) is 5.89 Å². The predicted molar refractivity (Wildman–Crippen MR) is 133 cm³/mol. The van der Waals surface area contributed by atoms with Crippen molar-refractivity contribution in [3.63, 3.8) is 0 Å². The molecule has 0 aliphatic carbocycles. The Bertz CT molecular complexity index is 1240. The van der Waals surface area contributed by atoms with E-state index in [-0.39, 0.29) is 5.91 Å². The Morgan fingerprint density at radius 1 is 0.971 bits per heavy atom. The Kier molecular flexibility index (Phi) is 6.38. The molecule has 34 heavy (non-hydrogen) atoms. The highest BCUT2D eigenvalue weighted by Crippen LogP contribution is 2.28. The number of amides is 1. The summed E-state index contributed by atoms with van der Waals surface area (Å²) in [5, 5.41) is 3.01. The number of hydrogen-bond acceptors (Lipinski definition) is 5. The highest BCUT2D eigenvalue weighted by molar-refractivity contribution is 6.00. The number of pyridine rings is 1. The number of carbonyl (C=O) groups is 1. The van der Waals surface area contributed by atoms with Crippen molar-refractivity contribution in [2.24, 2.45) is 5.92 Å². The highest BCUT2D eigenvalue weighted by atomic mass is 16.4. The van der Waals surface area contributed by atoms with Gasteiger partial charge in [-0.05, 0) is 42.5 Å². The summed E-state index contributed by atoms with van der Waals surface area (Å²) in [7, 11) is 0. The van der Waals surface area contributed by atoms with Gasteiger partial charge < -0.3 is 14.6 Å². The largest absolute Gasteiger partial charge is 0.436 e. The molecule has 0 unspecified atom stereocenters. The van der Waals surface area contributed by atoms with Crippen LogP contribution in [0.4, 0.5) is 5.82 Å². The summed E-state index contributed by atoms with van der Waals surface area (Å²) in [6, 6.07) is 21.2. The van der Waals surface area contributed by atoms with Crippen LogP contribution < -0.4 is 10.2 Å². The van der Waals surface area contributed by atoms with E-state index in [0.717, 1.165) is 36.0 Å². The molecule has 0 radical (unpaired) electrons. The summed E-state index contributed by atoms with van der Waals surface area (Å²) in [4.78, 5) is 24.4.